The molecular weight excluding hydrogens is 355 g/mol. The number of hydrogen-bond acceptors (Lipinski definition) is 4. The van der Waals surface area contributed by atoms with Gasteiger partial charge in [-0.05, 0) is 19.1 Å². The lowest BCUT2D eigenvalue weighted by molar-refractivity contribution is -0.140. The molecule has 0 spiro atoms. The molecule has 0 atom stereocenters. The van der Waals surface area contributed by atoms with Gasteiger partial charge >= 0.3 is 6.18 Å². The van der Waals surface area contributed by atoms with Gasteiger partial charge in [-0.2, -0.15) is 23.4 Å². The highest BCUT2D eigenvalue weighted by molar-refractivity contribution is 7.20. The van der Waals surface area contributed by atoms with Crippen molar-refractivity contribution in [3.05, 3.63) is 34.6 Å². The van der Waals surface area contributed by atoms with Crippen LogP contribution in [0.4, 0.5) is 13.2 Å². The molecule has 10 heteroatoms. The van der Waals surface area contributed by atoms with E-state index in [9.17, 15) is 18.0 Å². The zero-order valence-corrected chi connectivity index (χ0v) is 14.6. The maximum Gasteiger partial charge on any atom is 0.435 e. The van der Waals surface area contributed by atoms with E-state index in [1.807, 2.05) is 13.0 Å². The average Bonchev–Trinajstić information content (AvgIpc) is 3.22. The zero-order valence-electron chi connectivity index (χ0n) is 13.8. The van der Waals surface area contributed by atoms with Crippen molar-refractivity contribution in [3.63, 3.8) is 0 Å². The summed E-state index contributed by atoms with van der Waals surface area (Å²) in [5.74, 6) is -0.335. The lowest BCUT2D eigenvalue weighted by Crippen LogP contribution is -2.26. The largest absolute Gasteiger partial charge is 0.435 e. The second-order valence-corrected chi connectivity index (χ2v) is 6.63. The predicted octanol–water partition coefficient (Wildman–Crippen LogP) is 3.14. The molecule has 25 heavy (non-hydrogen) atoms. The highest BCUT2D eigenvalue weighted by Crippen LogP contribution is 2.37. The van der Waals surface area contributed by atoms with Crippen LogP contribution >= 0.6 is 11.3 Å². The third-order valence-electron chi connectivity index (χ3n) is 3.84. The van der Waals surface area contributed by atoms with Gasteiger partial charge in [0.25, 0.3) is 5.91 Å². The monoisotopic (exact) mass is 371 g/mol. The predicted molar refractivity (Wildman–Crippen MR) is 87.3 cm³/mol. The Bertz CT molecular complexity index is 924. The molecule has 134 valence electrons. The molecule has 0 saturated heterocycles. The summed E-state index contributed by atoms with van der Waals surface area (Å²) in [6, 6.07) is 3.08. The van der Waals surface area contributed by atoms with Crippen molar-refractivity contribution in [1.29, 1.82) is 0 Å². The van der Waals surface area contributed by atoms with Gasteiger partial charge in [0.15, 0.2) is 5.69 Å². The molecule has 0 fully saturated rings. The van der Waals surface area contributed by atoms with Crippen molar-refractivity contribution in [2.24, 2.45) is 7.05 Å². The fourth-order valence-corrected chi connectivity index (χ4v) is 3.70. The standard InChI is InChI=1S/C15H16F3N5OS/c1-4-23-9(5-6-19-23)8-21(2)13(24)11-7-10-12(15(16,17)18)20-22(3)14(10)25-11/h5-7H,4,8H2,1-3H3. The van der Waals surface area contributed by atoms with Crippen LogP contribution in [0, 0.1) is 0 Å². The van der Waals surface area contributed by atoms with Gasteiger partial charge in [-0.25, -0.2) is 0 Å². The van der Waals surface area contributed by atoms with E-state index in [0.717, 1.165) is 21.7 Å². The molecule has 0 bridgehead atoms. The van der Waals surface area contributed by atoms with Gasteiger partial charge in [-0.3, -0.25) is 14.2 Å². The SMILES string of the molecule is CCn1nccc1CN(C)C(=O)c1cc2c(C(F)(F)F)nn(C)c2s1. The topological polar surface area (TPSA) is 56.0 Å². The summed E-state index contributed by atoms with van der Waals surface area (Å²) in [6.45, 7) is 2.94. The summed E-state index contributed by atoms with van der Waals surface area (Å²) in [5, 5.41) is 7.61. The molecule has 0 saturated carbocycles. The Labute approximate surface area is 145 Å². The number of aryl methyl sites for hydroxylation is 2. The molecule has 0 aromatic carbocycles. The van der Waals surface area contributed by atoms with E-state index in [4.69, 9.17) is 0 Å². The minimum Gasteiger partial charge on any atom is -0.335 e. The van der Waals surface area contributed by atoms with Gasteiger partial charge in [0.05, 0.1) is 17.1 Å². The van der Waals surface area contributed by atoms with E-state index in [1.165, 1.54) is 18.0 Å². The zero-order chi connectivity index (χ0) is 18.4. The molecule has 3 aromatic heterocycles. The molecule has 1 amide bonds. The van der Waals surface area contributed by atoms with Gasteiger partial charge in [0, 0.05) is 32.2 Å². The molecular formula is C15H16F3N5OS. The summed E-state index contributed by atoms with van der Waals surface area (Å²) in [5.41, 5.74) is -0.107. The molecule has 0 unspecified atom stereocenters. The van der Waals surface area contributed by atoms with Crippen LogP contribution in [0.5, 0.6) is 0 Å². The molecule has 0 N–H and O–H groups in total. The summed E-state index contributed by atoms with van der Waals surface area (Å²) in [4.78, 5) is 14.6. The maximum absolute atomic E-state index is 13.1. The molecule has 0 radical (unpaired) electrons. The van der Waals surface area contributed by atoms with E-state index in [1.54, 1.807) is 17.9 Å². The van der Waals surface area contributed by atoms with Crippen LogP contribution in [0.15, 0.2) is 18.3 Å². The number of carbonyl (C=O) groups is 1. The number of aromatic nitrogens is 4. The van der Waals surface area contributed by atoms with E-state index < -0.39 is 11.9 Å². The third-order valence-corrected chi connectivity index (χ3v) is 5.03. The number of halogens is 3. The Hall–Kier alpha value is -2.36. The number of amides is 1. The lowest BCUT2D eigenvalue weighted by Gasteiger charge is -2.16. The number of nitrogens with zero attached hydrogens (tertiary/aromatic N) is 5. The molecule has 3 rings (SSSR count). The van der Waals surface area contributed by atoms with Crippen molar-refractivity contribution in [2.75, 3.05) is 7.05 Å². The first-order valence-electron chi connectivity index (χ1n) is 7.52. The van der Waals surface area contributed by atoms with Crippen molar-refractivity contribution in [1.82, 2.24) is 24.5 Å². The lowest BCUT2D eigenvalue weighted by atomic mass is 10.2. The number of hydrogen-bond donors (Lipinski definition) is 0. The number of alkyl halides is 3. The van der Waals surface area contributed by atoms with Crippen molar-refractivity contribution in [2.45, 2.75) is 26.2 Å². The first-order valence-corrected chi connectivity index (χ1v) is 8.34. The normalized spacial score (nSPS) is 12.1. The highest BCUT2D eigenvalue weighted by Gasteiger charge is 2.37. The van der Waals surface area contributed by atoms with Crippen molar-refractivity contribution in [3.8, 4) is 0 Å². The minimum atomic E-state index is -4.56. The molecule has 3 heterocycles. The van der Waals surface area contributed by atoms with Gasteiger partial charge in [0.1, 0.15) is 4.83 Å². The van der Waals surface area contributed by atoms with Crippen molar-refractivity contribution >= 4 is 27.5 Å². The van der Waals surface area contributed by atoms with E-state index in [0.29, 0.717) is 17.9 Å². The average molecular weight is 371 g/mol. The third kappa shape index (κ3) is 3.13. The second kappa shape index (κ2) is 6.17. The van der Waals surface area contributed by atoms with E-state index in [2.05, 4.69) is 10.2 Å². The quantitative estimate of drug-likeness (QED) is 0.708. The fourth-order valence-electron chi connectivity index (χ4n) is 2.64. The minimum absolute atomic E-state index is 0.0460. The van der Waals surface area contributed by atoms with Gasteiger partial charge in [-0.15, -0.1) is 11.3 Å². The first-order chi connectivity index (χ1) is 11.7. The number of rotatable bonds is 4. The van der Waals surface area contributed by atoms with Crippen LogP contribution < -0.4 is 0 Å². The summed E-state index contributed by atoms with van der Waals surface area (Å²) < 4.78 is 42.1. The Morgan fingerprint density at radius 1 is 1.40 bits per heavy atom. The molecule has 0 aliphatic carbocycles. The fraction of sp³-hybridized carbons (Fsp3) is 0.400. The Kier molecular flexibility index (Phi) is 4.31. The summed E-state index contributed by atoms with van der Waals surface area (Å²) in [6.07, 6.45) is -2.90. The molecule has 6 nitrogen and oxygen atoms in total. The van der Waals surface area contributed by atoms with Crippen LogP contribution in [0.25, 0.3) is 10.2 Å². The van der Waals surface area contributed by atoms with E-state index >= 15 is 0 Å². The van der Waals surface area contributed by atoms with Crippen LogP contribution in [-0.2, 0) is 26.3 Å². The summed E-state index contributed by atoms with van der Waals surface area (Å²) >= 11 is 1.01. The summed E-state index contributed by atoms with van der Waals surface area (Å²) in [7, 11) is 3.05. The highest BCUT2D eigenvalue weighted by atomic mass is 32.1. The Morgan fingerprint density at radius 3 is 2.76 bits per heavy atom. The number of thiophene rings is 1. The Morgan fingerprint density at radius 2 is 2.12 bits per heavy atom. The smallest absolute Gasteiger partial charge is 0.335 e. The van der Waals surface area contributed by atoms with Crippen LogP contribution in [-0.4, -0.2) is 37.4 Å². The molecule has 0 aliphatic rings. The number of fused-ring (bicyclic) bond motifs is 1. The van der Waals surface area contributed by atoms with Crippen molar-refractivity contribution < 1.29 is 18.0 Å². The van der Waals surface area contributed by atoms with Crippen LogP contribution in [0.2, 0.25) is 0 Å². The van der Waals surface area contributed by atoms with E-state index in [-0.39, 0.29) is 16.2 Å². The maximum atomic E-state index is 13.1. The molecule has 0 aliphatic heterocycles. The van der Waals surface area contributed by atoms with Gasteiger partial charge in [0.2, 0.25) is 0 Å². The van der Waals surface area contributed by atoms with Gasteiger partial charge < -0.3 is 4.90 Å². The second-order valence-electron chi connectivity index (χ2n) is 5.60. The first kappa shape index (κ1) is 17.5. The van der Waals surface area contributed by atoms with Crippen LogP contribution in [0.1, 0.15) is 28.0 Å². The van der Waals surface area contributed by atoms with Gasteiger partial charge in [-0.1, -0.05) is 0 Å². The Balaban J connectivity index is 1.89. The number of carbonyl (C=O) groups excluding carboxylic acids is 1. The van der Waals surface area contributed by atoms with Crippen LogP contribution in [0.3, 0.4) is 0 Å². The molecule has 3 aromatic rings.